The van der Waals surface area contributed by atoms with E-state index >= 15 is 0 Å². The lowest BCUT2D eigenvalue weighted by Gasteiger charge is -2.21. The number of hydrogen-bond donors (Lipinski definition) is 4. The molecule has 5 atom stereocenters. The van der Waals surface area contributed by atoms with Crippen LogP contribution in [-0.2, 0) is 55.8 Å². The average Bonchev–Trinajstić information content (AvgIpc) is 3.56. The van der Waals surface area contributed by atoms with Crippen molar-refractivity contribution in [2.24, 2.45) is 0 Å². The first-order valence-corrected chi connectivity index (χ1v) is 38.5. The number of phosphoric acid groups is 2. The summed E-state index contributed by atoms with van der Waals surface area (Å²) in [6.45, 7) is 2.48. The van der Waals surface area contributed by atoms with Crippen LogP contribution >= 0.6 is 15.6 Å². The van der Waals surface area contributed by atoms with Crippen LogP contribution in [0.3, 0.4) is 0 Å². The standard InChI is InChI=1S/C73H128O16P2/c1-4-7-10-13-16-19-22-25-26-27-28-29-30-31-32-33-34-35-36-37-38-39-40-43-45-47-50-53-56-59-71(76)83-62-68(74)63-85-90(79,80)86-64-69(75)65-87-91(81,82)88-67-70(89-73(78)61-58-55-52-49-46-42-24-21-18-15-12-9-6-3)66-84-72(77)60-57-54-51-48-44-41-23-20-17-14-11-8-5-2/h7,10-11,14,16,19-20,23,25-26,28-29,31-32,34-35,68-70,74-75H,4-6,8-9,12-13,15,17-18,21-22,24,27,30,33,36-67H2,1-3H3,(H,79,80)(H,81,82)/b10-7-,14-11-,19-16-,23-20-,26-25-,29-28-,32-31-,35-34-. The Morgan fingerprint density at radius 2 is 0.604 bits per heavy atom. The molecule has 0 aromatic heterocycles. The summed E-state index contributed by atoms with van der Waals surface area (Å²) in [5.41, 5.74) is 0. The maximum atomic E-state index is 12.9. The van der Waals surface area contributed by atoms with Crippen LogP contribution in [0.4, 0.5) is 0 Å². The minimum atomic E-state index is -4.92. The molecule has 526 valence electrons. The molecular formula is C73H128O16P2. The number of phosphoric ester groups is 2. The first kappa shape index (κ1) is 87.5. The molecular weight excluding hydrogens is 1190 g/mol. The number of aliphatic hydroxyl groups is 2. The molecule has 91 heavy (non-hydrogen) atoms. The van der Waals surface area contributed by atoms with Gasteiger partial charge in [0.25, 0.3) is 0 Å². The maximum absolute atomic E-state index is 12.9. The Kier molecular flexibility index (Phi) is 63.9. The van der Waals surface area contributed by atoms with Crippen LogP contribution < -0.4 is 0 Å². The van der Waals surface area contributed by atoms with Gasteiger partial charge in [-0.2, -0.15) is 0 Å². The summed E-state index contributed by atoms with van der Waals surface area (Å²) >= 11 is 0. The number of carbonyl (C=O) groups is 3. The summed E-state index contributed by atoms with van der Waals surface area (Å²) in [4.78, 5) is 58.3. The Labute approximate surface area is 552 Å². The van der Waals surface area contributed by atoms with Crippen molar-refractivity contribution in [1.29, 1.82) is 0 Å². The Hall–Kier alpha value is -3.53. The van der Waals surface area contributed by atoms with E-state index < -0.39 is 91.5 Å². The zero-order chi connectivity index (χ0) is 66.7. The fourth-order valence-electron chi connectivity index (χ4n) is 9.38. The van der Waals surface area contributed by atoms with Crippen LogP contribution in [0.1, 0.15) is 290 Å². The second-order valence-electron chi connectivity index (χ2n) is 23.7. The summed E-state index contributed by atoms with van der Waals surface area (Å²) in [7, 11) is -9.77. The van der Waals surface area contributed by atoms with Crippen LogP contribution in [-0.4, -0.2) is 95.9 Å². The molecule has 0 fully saturated rings. The maximum Gasteiger partial charge on any atom is 0.472 e. The van der Waals surface area contributed by atoms with E-state index in [4.69, 9.17) is 32.3 Å². The molecule has 0 heterocycles. The molecule has 0 aliphatic carbocycles. The number of ether oxygens (including phenoxy) is 3. The molecule has 0 aliphatic heterocycles. The van der Waals surface area contributed by atoms with Crippen molar-refractivity contribution in [3.05, 3.63) is 97.2 Å². The second kappa shape index (κ2) is 66.5. The van der Waals surface area contributed by atoms with Crippen LogP contribution in [0, 0.1) is 0 Å². The highest BCUT2D eigenvalue weighted by atomic mass is 31.2. The average molecular weight is 1320 g/mol. The zero-order valence-corrected chi connectivity index (χ0v) is 58.8. The van der Waals surface area contributed by atoms with E-state index in [9.17, 15) is 43.5 Å². The molecule has 0 amide bonds. The fourth-order valence-corrected chi connectivity index (χ4v) is 11.0. The molecule has 4 N–H and O–H groups in total. The highest BCUT2D eigenvalue weighted by molar-refractivity contribution is 7.47. The van der Waals surface area contributed by atoms with Gasteiger partial charge in [0.1, 0.15) is 25.4 Å². The van der Waals surface area contributed by atoms with Crippen LogP contribution in [0.2, 0.25) is 0 Å². The van der Waals surface area contributed by atoms with Crippen molar-refractivity contribution in [1.82, 2.24) is 0 Å². The van der Waals surface area contributed by atoms with Crippen molar-refractivity contribution in [2.45, 2.75) is 309 Å². The van der Waals surface area contributed by atoms with Crippen molar-refractivity contribution in [3.63, 3.8) is 0 Å². The molecule has 18 heteroatoms. The number of hydrogen-bond acceptors (Lipinski definition) is 14. The molecule has 0 bridgehead atoms. The third kappa shape index (κ3) is 67.7. The summed E-state index contributed by atoms with van der Waals surface area (Å²) in [6.07, 6.45) is 73.3. The summed E-state index contributed by atoms with van der Waals surface area (Å²) in [5.74, 6) is -1.59. The summed E-state index contributed by atoms with van der Waals surface area (Å²) in [5, 5.41) is 20.6. The molecule has 0 aliphatic rings. The molecule has 0 rings (SSSR count). The van der Waals surface area contributed by atoms with Gasteiger partial charge in [-0.05, 0) is 96.3 Å². The van der Waals surface area contributed by atoms with Gasteiger partial charge in [-0.1, -0.05) is 272 Å². The van der Waals surface area contributed by atoms with Gasteiger partial charge in [-0.25, -0.2) is 9.13 Å². The Morgan fingerprint density at radius 3 is 0.967 bits per heavy atom. The third-order valence-electron chi connectivity index (χ3n) is 14.8. The van der Waals surface area contributed by atoms with E-state index in [1.165, 1.54) is 83.5 Å². The molecule has 5 unspecified atom stereocenters. The monoisotopic (exact) mass is 1320 g/mol. The number of allylic oxidation sites excluding steroid dienone is 16. The molecule has 0 aromatic carbocycles. The van der Waals surface area contributed by atoms with Crippen molar-refractivity contribution < 1.29 is 75.8 Å². The quantitative estimate of drug-likeness (QED) is 0.0146. The van der Waals surface area contributed by atoms with E-state index in [1.807, 2.05) is 0 Å². The number of esters is 3. The largest absolute Gasteiger partial charge is 0.472 e. The predicted molar refractivity (Wildman–Crippen MR) is 371 cm³/mol. The molecule has 0 saturated carbocycles. The number of unbranched alkanes of at least 4 members (excludes halogenated alkanes) is 28. The molecule has 0 radical (unpaired) electrons. The first-order valence-electron chi connectivity index (χ1n) is 35.5. The Morgan fingerprint density at radius 1 is 0.319 bits per heavy atom. The summed E-state index contributed by atoms with van der Waals surface area (Å²) in [6, 6.07) is 0. The van der Waals surface area contributed by atoms with Crippen LogP contribution in [0.25, 0.3) is 0 Å². The smallest absolute Gasteiger partial charge is 0.463 e. The van der Waals surface area contributed by atoms with Crippen molar-refractivity contribution >= 4 is 33.6 Å². The number of rotatable bonds is 67. The SMILES string of the molecule is CC/C=C\C/C=C\C/C=C\C/C=C\C/C=C\C/C=C\CCCCCCCCCCCCC(=O)OCC(O)COP(=O)(O)OCC(O)COP(=O)(O)OCC(COC(=O)CCCCCCC/C=C\C/C=C\CCC)OC(=O)CCCCCCCCCCCCCCC. The van der Waals surface area contributed by atoms with Crippen LogP contribution in [0.15, 0.2) is 97.2 Å². The van der Waals surface area contributed by atoms with Gasteiger partial charge < -0.3 is 34.2 Å². The molecule has 0 saturated heterocycles. The predicted octanol–water partition coefficient (Wildman–Crippen LogP) is 19.9. The molecule has 16 nitrogen and oxygen atoms in total. The van der Waals surface area contributed by atoms with Crippen LogP contribution in [0.5, 0.6) is 0 Å². The van der Waals surface area contributed by atoms with Gasteiger partial charge >= 0.3 is 33.6 Å². The zero-order valence-electron chi connectivity index (χ0n) is 57.0. The van der Waals surface area contributed by atoms with Gasteiger partial charge in [0, 0.05) is 19.3 Å². The molecule has 0 spiro atoms. The highest BCUT2D eigenvalue weighted by Gasteiger charge is 2.29. The first-order chi connectivity index (χ1) is 44.2. The highest BCUT2D eigenvalue weighted by Crippen LogP contribution is 2.45. The number of aliphatic hydroxyl groups excluding tert-OH is 2. The van der Waals surface area contributed by atoms with E-state index in [1.54, 1.807) is 0 Å². The lowest BCUT2D eigenvalue weighted by atomic mass is 10.0. The lowest BCUT2D eigenvalue weighted by molar-refractivity contribution is -0.161. The van der Waals surface area contributed by atoms with E-state index in [0.29, 0.717) is 19.3 Å². The Balaban J connectivity index is 4.44. The van der Waals surface area contributed by atoms with Crippen molar-refractivity contribution in [3.8, 4) is 0 Å². The fraction of sp³-hybridized carbons (Fsp3) is 0.740. The molecule has 0 aromatic rings. The van der Waals surface area contributed by atoms with Gasteiger partial charge in [0.15, 0.2) is 6.10 Å². The summed E-state index contributed by atoms with van der Waals surface area (Å²) < 4.78 is 60.8. The topological polar surface area (TPSA) is 231 Å². The van der Waals surface area contributed by atoms with E-state index in [0.717, 1.165) is 148 Å². The van der Waals surface area contributed by atoms with Gasteiger partial charge in [0.05, 0.1) is 26.4 Å². The normalized spacial score (nSPS) is 14.8. The number of carbonyl (C=O) groups excluding carboxylic acids is 3. The van der Waals surface area contributed by atoms with Gasteiger partial charge in [0.2, 0.25) is 0 Å². The van der Waals surface area contributed by atoms with E-state index in [2.05, 4.69) is 118 Å². The van der Waals surface area contributed by atoms with E-state index in [-0.39, 0.29) is 19.3 Å². The second-order valence-corrected chi connectivity index (χ2v) is 26.6. The minimum Gasteiger partial charge on any atom is -0.463 e. The third-order valence-corrected chi connectivity index (χ3v) is 16.7. The van der Waals surface area contributed by atoms with Gasteiger partial charge in [-0.15, -0.1) is 0 Å². The minimum absolute atomic E-state index is 0.105. The van der Waals surface area contributed by atoms with Gasteiger partial charge in [-0.3, -0.25) is 32.5 Å². The van der Waals surface area contributed by atoms with Crippen molar-refractivity contribution in [2.75, 3.05) is 39.6 Å². The Bertz CT molecular complexity index is 2050. The lowest BCUT2D eigenvalue weighted by Crippen LogP contribution is -2.30.